The van der Waals surface area contributed by atoms with Crippen LogP contribution in [-0.4, -0.2) is 42.8 Å². The van der Waals surface area contributed by atoms with E-state index in [1.807, 2.05) is 35.6 Å². The molecule has 9 rings (SSSR count). The molecule has 13 heteroatoms. The van der Waals surface area contributed by atoms with Gasteiger partial charge >= 0.3 is 0 Å². The zero-order chi connectivity index (χ0) is 30.3. The van der Waals surface area contributed by atoms with Gasteiger partial charge in [0.2, 0.25) is 19.4 Å². The fourth-order valence-corrected chi connectivity index (χ4v) is 9.67. The standard InChI is InChI=1S/C32H30N6O4S3/c1-32(2,3)19-6-7-20-25(12-19)45-28-26(20)27-33-35-30(43-13-17-4-8-21-23(10-17)41-15-39-21)37(27)29-34-36-31(38(28)29)44-14-18-5-9-22-24(11-18)42-16-40-22/h4-5,8-11,19H,6-7,12-16H2,1-3H3. The van der Waals surface area contributed by atoms with Crippen molar-refractivity contribution in [3.05, 3.63) is 58.0 Å². The van der Waals surface area contributed by atoms with E-state index in [1.54, 1.807) is 23.5 Å². The lowest BCUT2D eigenvalue weighted by molar-refractivity contribution is 0.173. The molecule has 0 amide bonds. The quantitative estimate of drug-likeness (QED) is 0.171. The van der Waals surface area contributed by atoms with Crippen LogP contribution >= 0.6 is 34.9 Å². The number of nitrogens with zero attached hydrogens (tertiary/aromatic N) is 6. The molecule has 10 nitrogen and oxygen atoms in total. The van der Waals surface area contributed by atoms with E-state index < -0.39 is 0 Å². The van der Waals surface area contributed by atoms with Crippen LogP contribution in [0.1, 0.15) is 48.8 Å². The first-order chi connectivity index (χ1) is 21.9. The Morgan fingerprint density at radius 1 is 0.800 bits per heavy atom. The first kappa shape index (κ1) is 27.6. The Hall–Kier alpha value is -3.68. The van der Waals surface area contributed by atoms with E-state index in [9.17, 15) is 0 Å². The van der Waals surface area contributed by atoms with Gasteiger partial charge < -0.3 is 18.9 Å². The molecule has 45 heavy (non-hydrogen) atoms. The molecule has 1 aliphatic carbocycles. The van der Waals surface area contributed by atoms with Crippen molar-refractivity contribution in [2.45, 2.75) is 61.9 Å². The molecule has 4 aromatic heterocycles. The van der Waals surface area contributed by atoms with Gasteiger partial charge in [0.25, 0.3) is 0 Å². The van der Waals surface area contributed by atoms with Crippen LogP contribution in [0.3, 0.4) is 0 Å². The molecule has 0 spiro atoms. The van der Waals surface area contributed by atoms with E-state index in [2.05, 4.69) is 41.7 Å². The number of aryl methyl sites for hydroxylation is 1. The number of hydrogen-bond acceptors (Lipinski definition) is 11. The summed E-state index contributed by atoms with van der Waals surface area (Å²) in [5.74, 6) is 5.94. The molecule has 0 radical (unpaired) electrons. The van der Waals surface area contributed by atoms with E-state index in [0.717, 1.165) is 79.3 Å². The lowest BCUT2D eigenvalue weighted by atomic mass is 9.72. The molecule has 0 fully saturated rings. The molecular formula is C32H30N6O4S3. The number of thiophene rings is 1. The molecule has 230 valence electrons. The van der Waals surface area contributed by atoms with Crippen molar-refractivity contribution in [1.82, 2.24) is 29.2 Å². The smallest absolute Gasteiger partial charge is 0.245 e. The summed E-state index contributed by atoms with van der Waals surface area (Å²) in [5, 5.41) is 21.8. The van der Waals surface area contributed by atoms with Crippen molar-refractivity contribution in [3.63, 3.8) is 0 Å². The van der Waals surface area contributed by atoms with E-state index in [4.69, 9.17) is 39.3 Å². The summed E-state index contributed by atoms with van der Waals surface area (Å²) < 4.78 is 26.5. The molecular weight excluding hydrogens is 629 g/mol. The molecule has 0 saturated heterocycles. The summed E-state index contributed by atoms with van der Waals surface area (Å²) in [5.41, 5.74) is 4.79. The summed E-state index contributed by atoms with van der Waals surface area (Å²) in [6, 6.07) is 12.2. The Morgan fingerprint density at radius 2 is 1.42 bits per heavy atom. The van der Waals surface area contributed by atoms with Gasteiger partial charge in [0.1, 0.15) is 4.83 Å². The minimum Gasteiger partial charge on any atom is -0.454 e. The number of hydrogen-bond donors (Lipinski definition) is 0. The minimum atomic E-state index is 0.258. The normalized spacial score (nSPS) is 17.2. The highest BCUT2D eigenvalue weighted by Gasteiger charge is 2.33. The zero-order valence-corrected chi connectivity index (χ0v) is 27.5. The molecule has 0 saturated carbocycles. The predicted molar refractivity (Wildman–Crippen MR) is 174 cm³/mol. The second-order valence-electron chi connectivity index (χ2n) is 12.7. The van der Waals surface area contributed by atoms with Crippen molar-refractivity contribution < 1.29 is 18.9 Å². The summed E-state index contributed by atoms with van der Waals surface area (Å²) in [6.07, 6.45) is 3.28. The highest BCUT2D eigenvalue weighted by Crippen LogP contribution is 2.46. The maximum Gasteiger partial charge on any atom is 0.245 e. The molecule has 3 aliphatic rings. The van der Waals surface area contributed by atoms with Crippen molar-refractivity contribution in [2.75, 3.05) is 13.6 Å². The van der Waals surface area contributed by atoms with E-state index in [1.165, 1.54) is 22.2 Å². The zero-order valence-electron chi connectivity index (χ0n) is 25.0. The van der Waals surface area contributed by atoms with Crippen LogP contribution in [0, 0.1) is 11.3 Å². The summed E-state index contributed by atoms with van der Waals surface area (Å²) in [4.78, 5) is 2.60. The number of aromatic nitrogens is 6. The van der Waals surface area contributed by atoms with Gasteiger partial charge in [-0.15, -0.1) is 31.7 Å². The fourth-order valence-electron chi connectivity index (χ4n) is 6.44. The number of benzene rings is 2. The molecule has 6 aromatic rings. The third-order valence-corrected chi connectivity index (χ3v) is 12.2. The van der Waals surface area contributed by atoms with Crippen molar-refractivity contribution in [2.24, 2.45) is 11.3 Å². The highest BCUT2D eigenvalue weighted by molar-refractivity contribution is 7.98. The Bertz CT molecular complexity index is 2130. The largest absolute Gasteiger partial charge is 0.454 e. The number of fused-ring (bicyclic) bond motifs is 10. The van der Waals surface area contributed by atoms with Crippen LogP contribution in [0.5, 0.6) is 23.0 Å². The van der Waals surface area contributed by atoms with Crippen LogP contribution in [0.15, 0.2) is 46.7 Å². The summed E-state index contributed by atoms with van der Waals surface area (Å²) >= 11 is 5.18. The van der Waals surface area contributed by atoms with Crippen LogP contribution in [0.25, 0.3) is 21.6 Å². The van der Waals surface area contributed by atoms with Gasteiger partial charge in [-0.1, -0.05) is 56.4 Å². The first-order valence-electron chi connectivity index (χ1n) is 15.0. The molecule has 1 atom stereocenters. The molecule has 2 aliphatic heterocycles. The van der Waals surface area contributed by atoms with Crippen LogP contribution in [0.4, 0.5) is 0 Å². The Kier molecular flexibility index (Phi) is 6.40. The van der Waals surface area contributed by atoms with Crippen molar-refractivity contribution >= 4 is 56.5 Å². The van der Waals surface area contributed by atoms with Crippen molar-refractivity contribution in [3.8, 4) is 23.0 Å². The number of rotatable bonds is 6. The minimum absolute atomic E-state index is 0.258. The van der Waals surface area contributed by atoms with Gasteiger partial charge in [-0.05, 0) is 71.6 Å². The van der Waals surface area contributed by atoms with Gasteiger partial charge in [0.15, 0.2) is 39.0 Å². The van der Waals surface area contributed by atoms with E-state index in [-0.39, 0.29) is 19.0 Å². The summed E-state index contributed by atoms with van der Waals surface area (Å²) in [6.45, 7) is 7.61. The highest BCUT2D eigenvalue weighted by atomic mass is 32.2. The monoisotopic (exact) mass is 658 g/mol. The van der Waals surface area contributed by atoms with E-state index in [0.29, 0.717) is 11.7 Å². The SMILES string of the molecule is CC(C)(C)C1CCc2c(sc3c2c2nnc(SCc4ccc5c(c4)OCO5)n2c2nnc(SCc4ccc5c(c4)OCO5)n32)C1. The molecule has 0 N–H and O–H groups in total. The molecule has 2 aromatic carbocycles. The molecule has 6 heterocycles. The molecule has 1 unspecified atom stereocenters. The lowest BCUT2D eigenvalue weighted by Crippen LogP contribution is -2.26. The number of ether oxygens (including phenoxy) is 4. The maximum absolute atomic E-state index is 5.62. The Balaban J connectivity index is 1.14. The topological polar surface area (TPSA) is 97.3 Å². The Morgan fingerprint density at radius 3 is 2.09 bits per heavy atom. The maximum atomic E-state index is 5.62. The van der Waals surface area contributed by atoms with Gasteiger partial charge in [0, 0.05) is 16.4 Å². The fraction of sp³-hybridized carbons (Fsp3) is 0.375. The van der Waals surface area contributed by atoms with Gasteiger partial charge in [0.05, 0.1) is 5.39 Å². The second kappa shape index (κ2) is 10.4. The van der Waals surface area contributed by atoms with Gasteiger partial charge in [-0.2, -0.15) is 0 Å². The summed E-state index contributed by atoms with van der Waals surface area (Å²) in [7, 11) is 0. The Labute approximate surface area is 271 Å². The van der Waals surface area contributed by atoms with Crippen LogP contribution < -0.4 is 18.9 Å². The lowest BCUT2D eigenvalue weighted by Gasteiger charge is -2.33. The van der Waals surface area contributed by atoms with Gasteiger partial charge in [-0.25, -0.2) is 8.80 Å². The average molecular weight is 659 g/mol. The average Bonchev–Trinajstić information content (AvgIpc) is 3.86. The van der Waals surface area contributed by atoms with Crippen LogP contribution in [-0.2, 0) is 24.3 Å². The molecule has 0 bridgehead atoms. The first-order valence-corrected chi connectivity index (χ1v) is 17.8. The third kappa shape index (κ3) is 4.61. The third-order valence-electron chi connectivity index (χ3n) is 8.96. The number of thioether (sulfide) groups is 2. The second-order valence-corrected chi connectivity index (χ2v) is 15.7. The van der Waals surface area contributed by atoms with Crippen molar-refractivity contribution in [1.29, 1.82) is 0 Å². The predicted octanol–water partition coefficient (Wildman–Crippen LogP) is 7.18. The van der Waals surface area contributed by atoms with Gasteiger partial charge in [-0.3, -0.25) is 0 Å². The van der Waals surface area contributed by atoms with Crippen LogP contribution in [0.2, 0.25) is 0 Å². The van der Waals surface area contributed by atoms with E-state index >= 15 is 0 Å².